The van der Waals surface area contributed by atoms with Gasteiger partial charge in [0.15, 0.2) is 0 Å². The lowest BCUT2D eigenvalue weighted by Crippen LogP contribution is -2.30. The minimum atomic E-state index is -3.75. The summed E-state index contributed by atoms with van der Waals surface area (Å²) in [4.78, 5) is 12.3. The fraction of sp³-hybridized carbons (Fsp3) is 0.0909. The van der Waals surface area contributed by atoms with Crippen LogP contribution in [0.15, 0.2) is 83.8 Å². The van der Waals surface area contributed by atoms with Crippen LogP contribution >= 0.6 is 0 Å². The Morgan fingerprint density at radius 2 is 1.59 bits per heavy atom. The van der Waals surface area contributed by atoms with Crippen LogP contribution in [0.1, 0.15) is 22.8 Å². The second-order valence-electron chi connectivity index (χ2n) is 6.06. The lowest BCUT2D eigenvalue weighted by Gasteiger charge is -2.22. The summed E-state index contributed by atoms with van der Waals surface area (Å²) in [5.41, 5.74) is 1.31. The zero-order valence-electron chi connectivity index (χ0n) is 15.6. The van der Waals surface area contributed by atoms with Gasteiger partial charge in [-0.1, -0.05) is 18.2 Å². The molecule has 7 heteroatoms. The summed E-state index contributed by atoms with van der Waals surface area (Å²) < 4.78 is 32.5. The molecule has 3 aromatic carbocycles. The van der Waals surface area contributed by atoms with Crippen molar-refractivity contribution in [1.29, 1.82) is 5.26 Å². The molecule has 29 heavy (non-hydrogen) atoms. The fourth-order valence-corrected chi connectivity index (χ4v) is 4.21. The molecule has 0 aliphatic heterocycles. The van der Waals surface area contributed by atoms with E-state index in [0.29, 0.717) is 16.8 Å². The molecule has 0 spiro atoms. The molecule has 146 valence electrons. The van der Waals surface area contributed by atoms with Crippen LogP contribution in [0.25, 0.3) is 0 Å². The number of ether oxygens (including phenoxy) is 1. The van der Waals surface area contributed by atoms with Gasteiger partial charge >= 0.3 is 5.97 Å². The molecular weight excluding hydrogens is 388 g/mol. The third-order valence-electron chi connectivity index (χ3n) is 4.20. The van der Waals surface area contributed by atoms with Crippen molar-refractivity contribution in [3.63, 3.8) is 0 Å². The second-order valence-corrected chi connectivity index (χ2v) is 7.92. The Kier molecular flexibility index (Phi) is 5.96. The number of esters is 1. The predicted molar refractivity (Wildman–Crippen MR) is 109 cm³/mol. The van der Waals surface area contributed by atoms with Crippen molar-refractivity contribution in [2.24, 2.45) is 0 Å². The van der Waals surface area contributed by atoms with E-state index in [1.54, 1.807) is 31.2 Å². The summed E-state index contributed by atoms with van der Waals surface area (Å²) in [6.45, 7) is 2.04. The molecule has 3 aromatic rings. The average Bonchev–Trinajstić information content (AvgIpc) is 2.75. The molecule has 0 saturated carbocycles. The van der Waals surface area contributed by atoms with Crippen molar-refractivity contribution in [3.05, 3.63) is 90.0 Å². The maximum atomic E-state index is 13.0. The summed E-state index contributed by atoms with van der Waals surface area (Å²) in [6, 6.07) is 22.5. The average molecular weight is 406 g/mol. The largest absolute Gasteiger partial charge is 0.423 e. The summed E-state index contributed by atoms with van der Waals surface area (Å²) in [7, 11) is -3.75. The van der Waals surface area contributed by atoms with Crippen molar-refractivity contribution in [3.8, 4) is 11.8 Å². The van der Waals surface area contributed by atoms with Crippen LogP contribution in [0.5, 0.6) is 5.75 Å². The zero-order valence-corrected chi connectivity index (χ0v) is 16.5. The molecule has 0 amide bonds. The Bertz CT molecular complexity index is 1130. The van der Waals surface area contributed by atoms with Gasteiger partial charge in [-0.2, -0.15) is 5.26 Å². The first-order valence-corrected chi connectivity index (χ1v) is 10.3. The lowest BCUT2D eigenvalue weighted by molar-refractivity contribution is 0.0734. The molecule has 0 fully saturated rings. The molecule has 3 rings (SSSR count). The number of carbonyl (C=O) groups is 1. The van der Waals surface area contributed by atoms with E-state index >= 15 is 0 Å². The third kappa shape index (κ3) is 4.45. The van der Waals surface area contributed by atoms with Crippen molar-refractivity contribution in [2.45, 2.75) is 11.8 Å². The first kappa shape index (κ1) is 20.1. The van der Waals surface area contributed by atoms with E-state index in [4.69, 9.17) is 10.00 Å². The molecule has 0 bridgehead atoms. The molecule has 0 heterocycles. The summed E-state index contributed by atoms with van der Waals surface area (Å²) >= 11 is 0. The Labute approximate surface area is 169 Å². The Hall–Kier alpha value is -3.63. The van der Waals surface area contributed by atoms with Crippen molar-refractivity contribution in [1.82, 2.24) is 0 Å². The molecule has 0 aliphatic rings. The SMILES string of the molecule is CCN(c1ccccc1)S(=O)(=O)c1ccc(OC(=O)c2ccc(C#N)cc2)cc1. The van der Waals surface area contributed by atoms with Gasteiger partial charge in [-0.3, -0.25) is 4.31 Å². The van der Waals surface area contributed by atoms with E-state index < -0.39 is 16.0 Å². The first-order chi connectivity index (χ1) is 14.0. The van der Waals surface area contributed by atoms with Crippen LogP contribution in [-0.2, 0) is 10.0 Å². The summed E-state index contributed by atoms with van der Waals surface area (Å²) in [5, 5.41) is 8.80. The summed E-state index contributed by atoms with van der Waals surface area (Å²) in [5.74, 6) is -0.370. The van der Waals surface area contributed by atoms with Gasteiger partial charge in [0, 0.05) is 6.54 Å². The smallest absolute Gasteiger partial charge is 0.343 e. The van der Waals surface area contributed by atoms with Crippen LogP contribution in [0.2, 0.25) is 0 Å². The van der Waals surface area contributed by atoms with Gasteiger partial charge in [0.1, 0.15) is 5.75 Å². The number of para-hydroxylation sites is 1. The molecular formula is C22H18N2O4S. The highest BCUT2D eigenvalue weighted by molar-refractivity contribution is 7.92. The molecule has 6 nitrogen and oxygen atoms in total. The Morgan fingerprint density at radius 1 is 0.966 bits per heavy atom. The molecule has 0 atom stereocenters. The van der Waals surface area contributed by atoms with Crippen LogP contribution < -0.4 is 9.04 Å². The highest BCUT2D eigenvalue weighted by Gasteiger charge is 2.23. The number of rotatable bonds is 6. The highest BCUT2D eigenvalue weighted by atomic mass is 32.2. The van der Waals surface area contributed by atoms with Crippen LogP contribution in [0.4, 0.5) is 5.69 Å². The van der Waals surface area contributed by atoms with Gasteiger partial charge < -0.3 is 4.74 Å². The maximum absolute atomic E-state index is 13.0. The third-order valence-corrected chi connectivity index (χ3v) is 6.12. The quantitative estimate of drug-likeness (QED) is 0.456. The topological polar surface area (TPSA) is 87.5 Å². The van der Waals surface area contributed by atoms with Crippen molar-refractivity contribution >= 4 is 21.7 Å². The molecule has 0 radical (unpaired) electrons. The van der Waals surface area contributed by atoms with Crippen molar-refractivity contribution in [2.75, 3.05) is 10.8 Å². The van der Waals surface area contributed by atoms with Crippen molar-refractivity contribution < 1.29 is 17.9 Å². The highest BCUT2D eigenvalue weighted by Crippen LogP contribution is 2.25. The van der Waals surface area contributed by atoms with Gasteiger partial charge in [-0.15, -0.1) is 0 Å². The fourth-order valence-electron chi connectivity index (χ4n) is 2.74. The van der Waals surface area contributed by atoms with Gasteiger partial charge in [0.2, 0.25) is 0 Å². The maximum Gasteiger partial charge on any atom is 0.343 e. The van der Waals surface area contributed by atoms with Crippen LogP contribution in [-0.4, -0.2) is 20.9 Å². The van der Waals surface area contributed by atoms with E-state index in [1.165, 1.54) is 52.8 Å². The number of anilines is 1. The van der Waals surface area contributed by atoms with Gasteiger partial charge in [0.25, 0.3) is 10.0 Å². The summed E-state index contributed by atoms with van der Waals surface area (Å²) in [6.07, 6.45) is 0. The monoisotopic (exact) mass is 406 g/mol. The predicted octanol–water partition coefficient (Wildman–Crippen LogP) is 3.99. The number of hydrogen-bond donors (Lipinski definition) is 0. The van der Waals surface area contributed by atoms with Gasteiger partial charge in [-0.25, -0.2) is 13.2 Å². The van der Waals surface area contributed by atoms with E-state index in [2.05, 4.69) is 0 Å². The minimum absolute atomic E-state index is 0.0985. The lowest BCUT2D eigenvalue weighted by atomic mass is 10.1. The number of nitrogens with zero attached hydrogens (tertiary/aromatic N) is 2. The first-order valence-electron chi connectivity index (χ1n) is 8.86. The second kappa shape index (κ2) is 8.59. The van der Waals surface area contributed by atoms with Gasteiger partial charge in [0.05, 0.1) is 27.8 Å². The molecule has 0 N–H and O–H groups in total. The Morgan fingerprint density at radius 3 is 2.14 bits per heavy atom. The molecule has 0 aromatic heterocycles. The number of nitriles is 1. The zero-order chi connectivity index (χ0) is 20.9. The van der Waals surface area contributed by atoms with E-state index in [1.807, 2.05) is 12.1 Å². The molecule has 0 saturated heterocycles. The van der Waals surface area contributed by atoms with E-state index in [-0.39, 0.29) is 17.2 Å². The normalized spacial score (nSPS) is 10.8. The number of sulfonamides is 1. The van der Waals surface area contributed by atoms with Gasteiger partial charge in [-0.05, 0) is 67.6 Å². The minimum Gasteiger partial charge on any atom is -0.423 e. The number of benzene rings is 3. The van der Waals surface area contributed by atoms with Crippen LogP contribution in [0.3, 0.4) is 0 Å². The van der Waals surface area contributed by atoms with E-state index in [0.717, 1.165) is 0 Å². The number of hydrogen-bond acceptors (Lipinski definition) is 5. The Balaban J connectivity index is 1.78. The number of carbonyl (C=O) groups excluding carboxylic acids is 1. The standard InChI is InChI=1S/C22H18N2O4S/c1-2-24(19-6-4-3-5-7-19)29(26,27)21-14-12-20(13-15-21)28-22(25)18-10-8-17(16-23)9-11-18/h3-15H,2H2,1H3. The van der Waals surface area contributed by atoms with Crippen LogP contribution in [0, 0.1) is 11.3 Å². The van der Waals surface area contributed by atoms with E-state index in [9.17, 15) is 13.2 Å². The molecule has 0 aliphatic carbocycles. The molecule has 0 unspecified atom stereocenters.